The third-order valence-electron chi connectivity index (χ3n) is 3.55. The molecule has 0 aromatic rings. The van der Waals surface area contributed by atoms with E-state index in [1.165, 1.54) is 62.6 Å². The molecule has 0 spiro atoms. The van der Waals surface area contributed by atoms with Crippen molar-refractivity contribution in [1.82, 2.24) is 5.48 Å². The van der Waals surface area contributed by atoms with Crippen molar-refractivity contribution >= 4 is 12.0 Å². The summed E-state index contributed by atoms with van der Waals surface area (Å²) in [5.74, 6) is 0. The quantitative estimate of drug-likeness (QED) is 0.469. The minimum atomic E-state index is 0.602. The summed E-state index contributed by atoms with van der Waals surface area (Å²) in [6.45, 7) is 0. The monoisotopic (exact) mass is 252 g/mol. The number of nitrogens with one attached hydrogen (secondary N) is 1. The maximum atomic E-state index is 9.06. The molecule has 2 fully saturated rings. The zero-order chi connectivity index (χ0) is 11.9. The van der Waals surface area contributed by atoms with E-state index in [2.05, 4.69) is 11.5 Å². The Kier molecular flexibility index (Phi) is 5.21. The first kappa shape index (κ1) is 12.8. The van der Waals surface area contributed by atoms with E-state index in [4.69, 9.17) is 9.55 Å². The van der Waals surface area contributed by atoms with E-state index in [0.29, 0.717) is 10.9 Å². The summed E-state index contributed by atoms with van der Waals surface area (Å²) in [6.07, 6.45) is 11.0. The Morgan fingerprint density at radius 1 is 1.18 bits per heavy atom. The summed E-state index contributed by atoms with van der Waals surface area (Å²) in [4.78, 5) is 0. The number of hydrogen-bond acceptors (Lipinski definition) is 4. The van der Waals surface area contributed by atoms with Crippen molar-refractivity contribution in [3.63, 3.8) is 0 Å². The van der Waals surface area contributed by atoms with Gasteiger partial charge in [0.25, 0.3) is 0 Å². The smallest absolute Gasteiger partial charge is 0.138 e. The second kappa shape index (κ2) is 6.93. The summed E-state index contributed by atoms with van der Waals surface area (Å²) in [5, 5.41) is 9.67. The lowest BCUT2D eigenvalue weighted by molar-refractivity contribution is 0.276. The predicted octanol–water partition coefficient (Wildman–Crippen LogP) is 3.84. The van der Waals surface area contributed by atoms with E-state index in [0.717, 1.165) is 12.8 Å². The highest BCUT2D eigenvalue weighted by molar-refractivity contribution is 7.95. The van der Waals surface area contributed by atoms with E-state index in [-0.39, 0.29) is 0 Å². The lowest BCUT2D eigenvalue weighted by Gasteiger charge is -2.19. The fraction of sp³-hybridized carbons (Fsp3) is 0.769. The van der Waals surface area contributed by atoms with Crippen LogP contribution < -0.4 is 5.48 Å². The minimum Gasteiger partial charge on any atom is -0.244 e. The van der Waals surface area contributed by atoms with Gasteiger partial charge in [0.2, 0.25) is 0 Å². The van der Waals surface area contributed by atoms with Crippen molar-refractivity contribution in [3.05, 3.63) is 11.3 Å². The number of hydrogen-bond donors (Lipinski definition) is 1. The van der Waals surface area contributed by atoms with Gasteiger partial charge in [-0.05, 0) is 44.1 Å². The molecule has 0 heterocycles. The van der Waals surface area contributed by atoms with Gasteiger partial charge in [0, 0.05) is 17.3 Å². The average Bonchev–Trinajstić information content (AvgIpc) is 2.90. The van der Waals surface area contributed by atoms with E-state index < -0.39 is 0 Å². The van der Waals surface area contributed by atoms with Crippen LogP contribution in [0.2, 0.25) is 0 Å². The number of rotatable bonds is 4. The van der Waals surface area contributed by atoms with Gasteiger partial charge in [-0.3, -0.25) is 0 Å². The summed E-state index contributed by atoms with van der Waals surface area (Å²) in [5.41, 5.74) is 4.72. The molecule has 0 unspecified atom stereocenters. The SMILES string of the molecule is N#CC(NOSC1CCCCC1)=C1CCCC1. The standard InChI is InChI=1S/C13H20N2OS/c14-10-13(11-6-4-5-7-11)15-16-17-12-8-2-1-3-9-12/h12,15H,1-9H2. The minimum absolute atomic E-state index is 0.602. The Hall–Kier alpha value is -0.660. The molecule has 0 aromatic heterocycles. The van der Waals surface area contributed by atoms with Gasteiger partial charge in [0.1, 0.15) is 11.8 Å². The van der Waals surface area contributed by atoms with Crippen LogP contribution in [0.4, 0.5) is 0 Å². The fourth-order valence-electron chi connectivity index (χ4n) is 2.52. The van der Waals surface area contributed by atoms with Gasteiger partial charge in [-0.1, -0.05) is 19.3 Å². The Morgan fingerprint density at radius 3 is 2.53 bits per heavy atom. The molecule has 0 aromatic carbocycles. The molecular formula is C13H20N2OS. The van der Waals surface area contributed by atoms with E-state index >= 15 is 0 Å². The van der Waals surface area contributed by atoms with Crippen molar-refractivity contribution in [2.75, 3.05) is 0 Å². The van der Waals surface area contributed by atoms with Gasteiger partial charge < -0.3 is 0 Å². The molecule has 0 bridgehead atoms. The molecule has 0 saturated heterocycles. The van der Waals surface area contributed by atoms with Crippen molar-refractivity contribution in [1.29, 1.82) is 5.26 Å². The largest absolute Gasteiger partial charge is 0.244 e. The number of hydroxylamine groups is 1. The Labute approximate surface area is 108 Å². The highest BCUT2D eigenvalue weighted by atomic mass is 32.2. The topological polar surface area (TPSA) is 45.0 Å². The van der Waals surface area contributed by atoms with Crippen LogP contribution in [0.5, 0.6) is 0 Å². The third-order valence-corrected chi connectivity index (χ3v) is 4.48. The van der Waals surface area contributed by atoms with Crippen LogP contribution >= 0.6 is 12.0 Å². The van der Waals surface area contributed by atoms with Gasteiger partial charge in [0.05, 0.1) is 0 Å². The van der Waals surface area contributed by atoms with Crippen LogP contribution in [0.25, 0.3) is 0 Å². The third kappa shape index (κ3) is 3.93. The summed E-state index contributed by atoms with van der Waals surface area (Å²) >= 11 is 1.50. The second-order valence-electron chi connectivity index (χ2n) is 4.84. The molecule has 0 amide bonds. The molecule has 3 nitrogen and oxygen atoms in total. The van der Waals surface area contributed by atoms with Crippen LogP contribution in [-0.2, 0) is 4.28 Å². The molecule has 2 rings (SSSR count). The predicted molar refractivity (Wildman–Crippen MR) is 69.8 cm³/mol. The highest BCUT2D eigenvalue weighted by Gasteiger charge is 2.16. The lowest BCUT2D eigenvalue weighted by Crippen LogP contribution is -2.15. The van der Waals surface area contributed by atoms with E-state index in [1.807, 2.05) is 0 Å². The van der Waals surface area contributed by atoms with Gasteiger partial charge in [-0.15, -0.1) is 0 Å². The van der Waals surface area contributed by atoms with Crippen LogP contribution in [0, 0.1) is 11.3 Å². The molecule has 0 atom stereocenters. The van der Waals surface area contributed by atoms with Crippen molar-refractivity contribution in [2.24, 2.45) is 0 Å². The molecule has 0 aliphatic heterocycles. The molecule has 4 heteroatoms. The Bertz CT molecular complexity index is 308. The number of nitriles is 1. The van der Waals surface area contributed by atoms with Crippen molar-refractivity contribution < 1.29 is 4.28 Å². The molecule has 94 valence electrons. The van der Waals surface area contributed by atoms with Crippen LogP contribution in [0.3, 0.4) is 0 Å². The van der Waals surface area contributed by atoms with Gasteiger partial charge in [0.15, 0.2) is 0 Å². The van der Waals surface area contributed by atoms with E-state index in [1.54, 1.807) is 0 Å². The maximum Gasteiger partial charge on any atom is 0.138 e. The molecule has 2 aliphatic rings. The first-order valence-corrected chi connectivity index (χ1v) is 7.41. The fourth-order valence-corrected chi connectivity index (χ4v) is 3.31. The first-order chi connectivity index (χ1) is 8.40. The summed E-state index contributed by atoms with van der Waals surface area (Å²) in [6, 6.07) is 2.21. The number of nitrogens with zero attached hydrogens (tertiary/aromatic N) is 1. The maximum absolute atomic E-state index is 9.06. The summed E-state index contributed by atoms with van der Waals surface area (Å²) in [7, 11) is 0. The van der Waals surface area contributed by atoms with Crippen LogP contribution in [0.1, 0.15) is 57.8 Å². The lowest BCUT2D eigenvalue weighted by atomic mass is 10.0. The normalized spacial score (nSPS) is 21.2. The van der Waals surface area contributed by atoms with Gasteiger partial charge in [-0.2, -0.15) is 5.26 Å². The zero-order valence-corrected chi connectivity index (χ0v) is 11.0. The zero-order valence-electron chi connectivity index (χ0n) is 10.2. The molecular weight excluding hydrogens is 232 g/mol. The second-order valence-corrected chi connectivity index (χ2v) is 5.86. The van der Waals surface area contributed by atoms with Crippen LogP contribution in [-0.4, -0.2) is 5.25 Å². The highest BCUT2D eigenvalue weighted by Crippen LogP contribution is 2.29. The molecule has 1 N–H and O–H groups in total. The average molecular weight is 252 g/mol. The van der Waals surface area contributed by atoms with Crippen molar-refractivity contribution in [2.45, 2.75) is 63.0 Å². The molecule has 0 radical (unpaired) electrons. The Balaban J connectivity index is 1.73. The van der Waals surface area contributed by atoms with E-state index in [9.17, 15) is 0 Å². The van der Waals surface area contributed by atoms with Gasteiger partial charge in [-0.25, -0.2) is 9.76 Å². The molecule has 2 saturated carbocycles. The van der Waals surface area contributed by atoms with Gasteiger partial charge >= 0.3 is 0 Å². The first-order valence-electron chi connectivity index (χ1n) is 6.60. The van der Waals surface area contributed by atoms with Crippen molar-refractivity contribution in [3.8, 4) is 6.07 Å². The Morgan fingerprint density at radius 2 is 1.88 bits per heavy atom. The van der Waals surface area contributed by atoms with Crippen LogP contribution in [0.15, 0.2) is 11.3 Å². The number of allylic oxidation sites excluding steroid dienone is 2. The summed E-state index contributed by atoms with van der Waals surface area (Å²) < 4.78 is 5.42. The molecule has 17 heavy (non-hydrogen) atoms. The molecule has 2 aliphatic carbocycles.